The molecule has 2 aromatic carbocycles. The van der Waals surface area contributed by atoms with Gasteiger partial charge in [-0.2, -0.15) is 5.21 Å². The third-order valence-corrected chi connectivity index (χ3v) is 4.51. The summed E-state index contributed by atoms with van der Waals surface area (Å²) in [7, 11) is 0. The number of rotatable bonds is 5. The highest BCUT2D eigenvalue weighted by Gasteiger charge is 2.24. The molecule has 138 valence electrons. The van der Waals surface area contributed by atoms with Gasteiger partial charge in [0.15, 0.2) is 0 Å². The van der Waals surface area contributed by atoms with E-state index in [1.807, 2.05) is 55.5 Å². The number of amides is 1. The van der Waals surface area contributed by atoms with Gasteiger partial charge in [-0.25, -0.2) is 0 Å². The van der Waals surface area contributed by atoms with Gasteiger partial charge in [0.05, 0.1) is 23.8 Å². The van der Waals surface area contributed by atoms with E-state index < -0.39 is 0 Å². The maximum atomic E-state index is 12.2. The number of H-pyrrole nitrogens is 1. The van der Waals surface area contributed by atoms with Crippen molar-refractivity contribution in [1.29, 1.82) is 0 Å². The fraction of sp³-hybridized carbons (Fsp3) is 0.263. The number of hydrogen-bond donors (Lipinski definition) is 2. The summed E-state index contributed by atoms with van der Waals surface area (Å²) in [6.07, 6.45) is 0. The van der Waals surface area contributed by atoms with Crippen molar-refractivity contribution < 1.29 is 9.53 Å². The molecule has 1 unspecified atom stereocenters. The largest absolute Gasteiger partial charge is 0.492 e. The summed E-state index contributed by atoms with van der Waals surface area (Å²) in [5, 5.41) is 17.0. The van der Waals surface area contributed by atoms with Crippen molar-refractivity contribution in [2.45, 2.75) is 6.92 Å². The van der Waals surface area contributed by atoms with E-state index in [0.717, 1.165) is 22.7 Å². The number of tetrazole rings is 1. The Morgan fingerprint density at radius 2 is 2.11 bits per heavy atom. The Kier molecular flexibility index (Phi) is 4.69. The van der Waals surface area contributed by atoms with E-state index >= 15 is 0 Å². The normalized spacial score (nSPS) is 16.4. The van der Waals surface area contributed by atoms with Crippen molar-refractivity contribution in [2.75, 3.05) is 29.9 Å². The first-order chi connectivity index (χ1) is 13.2. The van der Waals surface area contributed by atoms with Gasteiger partial charge in [0.1, 0.15) is 12.4 Å². The lowest BCUT2D eigenvalue weighted by Crippen LogP contribution is -2.33. The summed E-state index contributed by atoms with van der Waals surface area (Å²) >= 11 is 0. The number of carbonyl (C=O) groups is 1. The Balaban J connectivity index is 1.44. The van der Waals surface area contributed by atoms with Crippen molar-refractivity contribution in [1.82, 2.24) is 20.6 Å². The lowest BCUT2D eigenvalue weighted by atomic mass is 10.1. The highest BCUT2D eigenvalue weighted by molar-refractivity contribution is 5.97. The van der Waals surface area contributed by atoms with Gasteiger partial charge in [0.25, 0.3) is 0 Å². The number of aromatic amines is 1. The molecule has 0 saturated heterocycles. The van der Waals surface area contributed by atoms with Crippen LogP contribution in [0.3, 0.4) is 0 Å². The van der Waals surface area contributed by atoms with E-state index in [1.54, 1.807) is 0 Å². The number of anilines is 2. The topological polar surface area (TPSA) is 96.0 Å². The molecule has 1 aromatic heterocycles. The molecule has 1 aliphatic heterocycles. The molecule has 0 aliphatic carbocycles. The molecule has 8 nitrogen and oxygen atoms in total. The van der Waals surface area contributed by atoms with Gasteiger partial charge in [-0.15, -0.1) is 10.2 Å². The monoisotopic (exact) mass is 364 g/mol. The van der Waals surface area contributed by atoms with Crippen LogP contribution in [0, 0.1) is 5.92 Å². The van der Waals surface area contributed by atoms with Crippen LogP contribution in [0.15, 0.2) is 48.5 Å². The molecule has 1 atom stereocenters. The minimum absolute atomic E-state index is 0.0404. The average Bonchev–Trinajstić information content (AvgIpc) is 3.19. The molecular formula is C19H20N6O2. The number of para-hydroxylation sites is 2. The summed E-state index contributed by atoms with van der Waals surface area (Å²) < 4.78 is 5.93. The Bertz CT molecular complexity index is 927. The highest BCUT2D eigenvalue weighted by atomic mass is 16.5. The quantitative estimate of drug-likeness (QED) is 0.721. The number of nitrogens with zero attached hydrogens (tertiary/aromatic N) is 4. The fourth-order valence-corrected chi connectivity index (χ4v) is 3.12. The first-order valence-corrected chi connectivity index (χ1v) is 8.82. The minimum Gasteiger partial charge on any atom is -0.492 e. The molecule has 0 spiro atoms. The van der Waals surface area contributed by atoms with Crippen molar-refractivity contribution in [3.05, 3.63) is 48.5 Å². The standard InChI is InChI=1S/C19H20N6O2/c1-13-12-25(17-8-3-2-7-16(17)20-19(13)26)9-10-27-15-6-4-5-14(11-15)18-21-23-24-22-18/h2-8,11,13H,9-10,12H2,1H3,(H,20,26)(H,21,22,23,24). The predicted octanol–water partition coefficient (Wildman–Crippen LogP) is 2.34. The third-order valence-electron chi connectivity index (χ3n) is 4.51. The van der Waals surface area contributed by atoms with Crippen LogP contribution in [0.25, 0.3) is 11.4 Å². The van der Waals surface area contributed by atoms with Crippen LogP contribution in [0.2, 0.25) is 0 Å². The zero-order valence-electron chi connectivity index (χ0n) is 14.9. The molecular weight excluding hydrogens is 344 g/mol. The fourth-order valence-electron chi connectivity index (χ4n) is 3.12. The number of nitrogens with one attached hydrogen (secondary N) is 2. The van der Waals surface area contributed by atoms with E-state index in [9.17, 15) is 4.79 Å². The van der Waals surface area contributed by atoms with Crippen molar-refractivity contribution >= 4 is 17.3 Å². The van der Waals surface area contributed by atoms with E-state index in [-0.39, 0.29) is 11.8 Å². The van der Waals surface area contributed by atoms with Crippen LogP contribution >= 0.6 is 0 Å². The smallest absolute Gasteiger partial charge is 0.229 e. The summed E-state index contributed by atoms with van der Waals surface area (Å²) in [4.78, 5) is 14.4. The Labute approximate surface area is 156 Å². The molecule has 0 saturated carbocycles. The molecule has 4 rings (SSSR count). The van der Waals surface area contributed by atoms with Crippen LogP contribution < -0.4 is 15.0 Å². The van der Waals surface area contributed by atoms with E-state index in [2.05, 4.69) is 30.8 Å². The molecule has 0 radical (unpaired) electrons. The third kappa shape index (κ3) is 3.74. The zero-order valence-corrected chi connectivity index (χ0v) is 14.9. The number of fused-ring (bicyclic) bond motifs is 1. The molecule has 2 heterocycles. The van der Waals surface area contributed by atoms with Crippen molar-refractivity contribution in [3.63, 3.8) is 0 Å². The zero-order chi connectivity index (χ0) is 18.6. The second-order valence-electron chi connectivity index (χ2n) is 6.47. The molecule has 1 amide bonds. The molecule has 0 fully saturated rings. The van der Waals surface area contributed by atoms with Crippen LogP contribution in [-0.4, -0.2) is 46.2 Å². The summed E-state index contributed by atoms with van der Waals surface area (Å²) in [5.74, 6) is 1.21. The van der Waals surface area contributed by atoms with Gasteiger partial charge in [-0.1, -0.05) is 31.2 Å². The van der Waals surface area contributed by atoms with E-state index in [4.69, 9.17) is 4.74 Å². The number of ether oxygens (including phenoxy) is 1. The van der Waals surface area contributed by atoms with Crippen LogP contribution in [0.5, 0.6) is 5.75 Å². The molecule has 8 heteroatoms. The molecule has 2 N–H and O–H groups in total. The van der Waals surface area contributed by atoms with Gasteiger partial charge in [-0.3, -0.25) is 4.79 Å². The summed E-state index contributed by atoms with van der Waals surface area (Å²) in [6, 6.07) is 15.4. The maximum Gasteiger partial charge on any atom is 0.229 e. The van der Waals surface area contributed by atoms with Crippen LogP contribution in [0.1, 0.15) is 6.92 Å². The van der Waals surface area contributed by atoms with Gasteiger partial charge < -0.3 is 15.0 Å². The predicted molar refractivity (Wildman–Crippen MR) is 102 cm³/mol. The van der Waals surface area contributed by atoms with Crippen molar-refractivity contribution in [3.8, 4) is 17.1 Å². The van der Waals surface area contributed by atoms with Gasteiger partial charge in [0, 0.05) is 12.1 Å². The van der Waals surface area contributed by atoms with Crippen molar-refractivity contribution in [2.24, 2.45) is 5.92 Å². The van der Waals surface area contributed by atoms with Crippen LogP contribution in [-0.2, 0) is 4.79 Å². The van der Waals surface area contributed by atoms with E-state index in [0.29, 0.717) is 25.5 Å². The Hall–Kier alpha value is -3.42. The SMILES string of the molecule is CC1CN(CCOc2cccc(-c3nn[nH]n3)c2)c2ccccc2NC1=O. The summed E-state index contributed by atoms with van der Waals surface area (Å²) in [6.45, 7) is 3.74. The second kappa shape index (κ2) is 7.45. The highest BCUT2D eigenvalue weighted by Crippen LogP contribution is 2.29. The number of carbonyl (C=O) groups excluding carboxylic acids is 1. The lowest BCUT2D eigenvalue weighted by Gasteiger charge is -2.25. The first kappa shape index (κ1) is 17.0. The molecule has 27 heavy (non-hydrogen) atoms. The second-order valence-corrected chi connectivity index (χ2v) is 6.47. The first-order valence-electron chi connectivity index (χ1n) is 8.82. The minimum atomic E-state index is -0.0982. The number of hydrogen-bond acceptors (Lipinski definition) is 6. The van der Waals surface area contributed by atoms with Gasteiger partial charge in [0.2, 0.25) is 11.7 Å². The Morgan fingerprint density at radius 3 is 2.96 bits per heavy atom. The maximum absolute atomic E-state index is 12.2. The number of aromatic nitrogens is 4. The lowest BCUT2D eigenvalue weighted by molar-refractivity contribution is -0.119. The molecule has 3 aromatic rings. The van der Waals surface area contributed by atoms with Gasteiger partial charge in [-0.05, 0) is 29.5 Å². The molecule has 0 bridgehead atoms. The number of benzene rings is 2. The van der Waals surface area contributed by atoms with Gasteiger partial charge >= 0.3 is 0 Å². The van der Waals surface area contributed by atoms with Crippen LogP contribution in [0.4, 0.5) is 11.4 Å². The van der Waals surface area contributed by atoms with E-state index in [1.165, 1.54) is 0 Å². The summed E-state index contributed by atoms with van der Waals surface area (Å²) in [5.41, 5.74) is 2.69. The Morgan fingerprint density at radius 1 is 1.22 bits per heavy atom. The molecule has 1 aliphatic rings. The average molecular weight is 364 g/mol.